The summed E-state index contributed by atoms with van der Waals surface area (Å²) in [4.78, 5) is 9.19. The molecule has 0 radical (unpaired) electrons. The lowest BCUT2D eigenvalue weighted by atomic mass is 10.0. The summed E-state index contributed by atoms with van der Waals surface area (Å²) >= 11 is 0. The van der Waals surface area contributed by atoms with Gasteiger partial charge in [-0.1, -0.05) is 10.8 Å². The third kappa shape index (κ3) is 4.68. The second-order valence-electron chi connectivity index (χ2n) is 2.76. The largest absolute Gasteiger partial charge is 0.394 e. The Bertz CT molecular complexity index is 202. The lowest BCUT2D eigenvalue weighted by molar-refractivity contribution is -0.101. The summed E-state index contributed by atoms with van der Waals surface area (Å²) < 4.78 is 0. The van der Waals surface area contributed by atoms with Crippen molar-refractivity contribution >= 4 is 26.7 Å². The minimum absolute atomic E-state index is 0.473. The molecule has 0 amide bonds. The van der Waals surface area contributed by atoms with Crippen molar-refractivity contribution in [2.24, 2.45) is 0 Å². The maximum atomic E-state index is 9.31. The van der Waals surface area contributed by atoms with Crippen molar-refractivity contribution in [2.45, 2.75) is 24.4 Å². The Kier molecular flexibility index (Phi) is 7.53. The molecule has 0 aliphatic carbocycles. The van der Waals surface area contributed by atoms with Gasteiger partial charge in [0.1, 0.15) is 18.3 Å². The maximum Gasteiger partial charge on any atom is 0.392 e. The summed E-state index contributed by atoms with van der Waals surface area (Å²) in [7, 11) is 1.97. The SMILES string of the molecule is CSSC(=[OH+])[C@@H](O)[C@@H](O)[C@H](O)[C@H](O)CO. The van der Waals surface area contributed by atoms with Gasteiger partial charge in [-0.25, -0.2) is 0 Å². The van der Waals surface area contributed by atoms with Crippen LogP contribution in [0.2, 0.25) is 0 Å². The molecule has 0 bridgehead atoms. The van der Waals surface area contributed by atoms with Gasteiger partial charge in [-0.05, 0) is 6.26 Å². The van der Waals surface area contributed by atoms with E-state index in [4.69, 9.17) is 10.2 Å². The topological polar surface area (TPSA) is 123 Å². The molecule has 8 heteroatoms. The molecular formula is C7H15O6S2+. The molecule has 0 spiro atoms. The first kappa shape index (κ1) is 15.2. The summed E-state index contributed by atoms with van der Waals surface area (Å²) in [6.45, 7) is -0.749. The predicted octanol–water partition coefficient (Wildman–Crippen LogP) is -2.06. The molecule has 0 heterocycles. The van der Waals surface area contributed by atoms with E-state index in [0.29, 0.717) is 0 Å². The molecule has 0 unspecified atom stereocenters. The lowest BCUT2D eigenvalue weighted by Crippen LogP contribution is -2.48. The molecular weight excluding hydrogens is 244 g/mol. The highest BCUT2D eigenvalue weighted by Gasteiger charge is 2.37. The first-order valence-electron chi connectivity index (χ1n) is 4.05. The molecule has 90 valence electrons. The quantitative estimate of drug-likeness (QED) is 0.274. The van der Waals surface area contributed by atoms with Gasteiger partial charge >= 0.3 is 5.12 Å². The zero-order chi connectivity index (χ0) is 12.0. The first-order valence-corrected chi connectivity index (χ1v) is 6.61. The van der Waals surface area contributed by atoms with Crippen LogP contribution in [0.15, 0.2) is 0 Å². The standard InChI is InChI=1S/C7H14O6S2/c1-14-15-7(13)6(12)5(11)4(10)3(9)2-8/h3-6,8-12H,2H2,1H3/p+1/t3-,4-,5+,6+/m1/s1. The minimum atomic E-state index is -1.76. The molecule has 0 rings (SSSR count). The van der Waals surface area contributed by atoms with Crippen LogP contribution < -0.4 is 0 Å². The minimum Gasteiger partial charge on any atom is -0.394 e. The van der Waals surface area contributed by atoms with Crippen molar-refractivity contribution in [3.63, 3.8) is 0 Å². The maximum absolute atomic E-state index is 9.31. The van der Waals surface area contributed by atoms with E-state index in [9.17, 15) is 20.1 Å². The summed E-state index contributed by atoms with van der Waals surface area (Å²) in [6, 6.07) is 0. The number of hydrogen-bond donors (Lipinski definition) is 5. The van der Waals surface area contributed by atoms with Gasteiger partial charge in [0.2, 0.25) is 6.10 Å². The average Bonchev–Trinajstić information content (AvgIpc) is 2.25. The van der Waals surface area contributed by atoms with Crippen molar-refractivity contribution in [3.8, 4) is 0 Å². The second-order valence-corrected chi connectivity index (χ2v) is 5.18. The van der Waals surface area contributed by atoms with E-state index >= 15 is 0 Å². The van der Waals surface area contributed by atoms with Crippen molar-refractivity contribution in [1.82, 2.24) is 0 Å². The second kappa shape index (κ2) is 7.44. The van der Waals surface area contributed by atoms with Gasteiger partial charge < -0.3 is 25.5 Å². The van der Waals surface area contributed by atoms with Crippen LogP contribution in [0.25, 0.3) is 0 Å². The summed E-state index contributed by atoms with van der Waals surface area (Å²) in [5.41, 5.74) is 0. The summed E-state index contributed by atoms with van der Waals surface area (Å²) in [6.07, 6.45) is -5.08. The van der Waals surface area contributed by atoms with Gasteiger partial charge in [-0.15, -0.1) is 0 Å². The fraction of sp³-hybridized carbons (Fsp3) is 0.857. The molecule has 0 aromatic heterocycles. The third-order valence-electron chi connectivity index (χ3n) is 1.68. The molecule has 0 aliphatic rings. The van der Waals surface area contributed by atoms with Gasteiger partial charge in [0.15, 0.2) is 0 Å². The molecule has 0 saturated carbocycles. The van der Waals surface area contributed by atoms with E-state index in [0.717, 1.165) is 21.6 Å². The monoisotopic (exact) mass is 259 g/mol. The number of carbonyl (C=O) groups excluding carboxylic acids is 1. The lowest BCUT2D eigenvalue weighted by Gasteiger charge is -2.22. The van der Waals surface area contributed by atoms with Gasteiger partial charge in [0.05, 0.1) is 6.61 Å². The van der Waals surface area contributed by atoms with E-state index < -0.39 is 36.1 Å². The first-order chi connectivity index (χ1) is 6.95. The average molecular weight is 259 g/mol. The highest BCUT2D eigenvalue weighted by molar-refractivity contribution is 8.82. The van der Waals surface area contributed by atoms with E-state index in [-0.39, 0.29) is 0 Å². The van der Waals surface area contributed by atoms with Crippen LogP contribution in [0.5, 0.6) is 0 Å². The zero-order valence-corrected chi connectivity index (χ0v) is 9.65. The van der Waals surface area contributed by atoms with Crippen LogP contribution in [0, 0.1) is 0 Å². The normalized spacial score (nSPS) is 19.3. The van der Waals surface area contributed by atoms with Crippen molar-refractivity contribution in [2.75, 3.05) is 12.9 Å². The van der Waals surface area contributed by atoms with Crippen molar-refractivity contribution in [1.29, 1.82) is 0 Å². The Labute approximate surface area is 94.7 Å². The molecule has 0 aromatic rings. The van der Waals surface area contributed by atoms with E-state index in [2.05, 4.69) is 0 Å². The van der Waals surface area contributed by atoms with Crippen LogP contribution in [-0.4, -0.2) is 72.7 Å². The Morgan fingerprint density at radius 2 is 1.73 bits per heavy atom. The fourth-order valence-corrected chi connectivity index (χ4v) is 2.02. The van der Waals surface area contributed by atoms with E-state index in [1.807, 2.05) is 0 Å². The Morgan fingerprint density at radius 1 is 1.20 bits per heavy atom. The molecule has 6 N–H and O–H groups in total. The number of hydrogen-bond acceptors (Lipinski definition) is 7. The number of aliphatic hydroxyl groups excluding tert-OH is 5. The number of aliphatic hydroxyl groups is 5. The van der Waals surface area contributed by atoms with Gasteiger partial charge in [-0.2, -0.15) is 0 Å². The Hall–Kier alpha value is 0.170. The van der Waals surface area contributed by atoms with Gasteiger partial charge in [0, 0.05) is 10.8 Å². The molecule has 6 nitrogen and oxygen atoms in total. The highest BCUT2D eigenvalue weighted by atomic mass is 33.1. The van der Waals surface area contributed by atoms with Crippen LogP contribution >= 0.6 is 21.6 Å². The highest BCUT2D eigenvalue weighted by Crippen LogP contribution is 2.21. The summed E-state index contributed by atoms with van der Waals surface area (Å²) in [5.74, 6) is 0. The molecule has 0 fully saturated rings. The van der Waals surface area contributed by atoms with Crippen LogP contribution in [-0.2, 0) is 0 Å². The van der Waals surface area contributed by atoms with E-state index in [1.54, 1.807) is 6.26 Å². The van der Waals surface area contributed by atoms with E-state index in [1.165, 1.54) is 0 Å². The van der Waals surface area contributed by atoms with Gasteiger partial charge in [-0.3, -0.25) is 4.79 Å². The smallest absolute Gasteiger partial charge is 0.392 e. The molecule has 15 heavy (non-hydrogen) atoms. The van der Waals surface area contributed by atoms with Crippen LogP contribution in [0.4, 0.5) is 0 Å². The molecule has 0 aromatic carbocycles. The van der Waals surface area contributed by atoms with Crippen molar-refractivity contribution < 1.29 is 30.3 Å². The molecule has 0 aliphatic heterocycles. The Balaban J connectivity index is 4.29. The third-order valence-corrected chi connectivity index (χ3v) is 3.27. The number of rotatable bonds is 6. The Morgan fingerprint density at radius 3 is 2.13 bits per heavy atom. The van der Waals surface area contributed by atoms with Crippen LogP contribution in [0.3, 0.4) is 0 Å². The zero-order valence-electron chi connectivity index (χ0n) is 8.02. The van der Waals surface area contributed by atoms with Crippen LogP contribution in [0.1, 0.15) is 0 Å². The van der Waals surface area contributed by atoms with Gasteiger partial charge in [0.25, 0.3) is 0 Å². The van der Waals surface area contributed by atoms with Crippen molar-refractivity contribution in [3.05, 3.63) is 0 Å². The molecule has 0 saturated heterocycles. The fourth-order valence-electron chi connectivity index (χ4n) is 0.803. The molecule has 4 atom stereocenters. The summed E-state index contributed by atoms with van der Waals surface area (Å²) in [5, 5.41) is 44.8. The predicted molar refractivity (Wildman–Crippen MR) is 59.2 cm³/mol.